The van der Waals surface area contributed by atoms with Crippen LogP contribution < -0.4 is 4.74 Å². The van der Waals surface area contributed by atoms with E-state index in [1.165, 1.54) is 41.0 Å². The molecule has 0 saturated carbocycles. The van der Waals surface area contributed by atoms with Gasteiger partial charge in [-0.3, -0.25) is 0 Å². The van der Waals surface area contributed by atoms with Gasteiger partial charge < -0.3 is 4.74 Å². The van der Waals surface area contributed by atoms with Gasteiger partial charge in [-0.25, -0.2) is 0 Å². The first-order valence-corrected chi connectivity index (χ1v) is 7.60. The first-order valence-electron chi connectivity index (χ1n) is 6.45. The Morgan fingerprint density at radius 1 is 1.12 bits per heavy atom. The van der Waals surface area contributed by atoms with Crippen molar-refractivity contribution in [2.75, 3.05) is 18.1 Å². The van der Waals surface area contributed by atoms with Crippen LogP contribution in [0.1, 0.15) is 29.5 Å². The average Bonchev–Trinajstić information content (AvgIpc) is 2.34. The van der Waals surface area contributed by atoms with Gasteiger partial charge in [-0.2, -0.15) is 11.8 Å². The van der Waals surface area contributed by atoms with Crippen LogP contribution in [-0.2, 0) is 0 Å². The molecule has 1 aliphatic heterocycles. The van der Waals surface area contributed by atoms with Crippen LogP contribution in [0.2, 0.25) is 0 Å². The number of rotatable bonds is 3. The van der Waals surface area contributed by atoms with Crippen molar-refractivity contribution < 1.29 is 4.74 Å². The van der Waals surface area contributed by atoms with Crippen molar-refractivity contribution in [3.63, 3.8) is 0 Å². The van der Waals surface area contributed by atoms with Crippen molar-refractivity contribution in [2.45, 2.75) is 33.6 Å². The number of aryl methyl sites for hydroxylation is 2. The van der Waals surface area contributed by atoms with E-state index in [4.69, 9.17) is 4.74 Å². The van der Waals surface area contributed by atoms with E-state index in [1.54, 1.807) is 0 Å². The van der Waals surface area contributed by atoms with Gasteiger partial charge >= 0.3 is 0 Å². The van der Waals surface area contributed by atoms with Crippen LogP contribution in [0.4, 0.5) is 0 Å². The van der Waals surface area contributed by atoms with Crippen molar-refractivity contribution in [2.24, 2.45) is 5.92 Å². The second-order valence-corrected chi connectivity index (χ2v) is 6.27. The van der Waals surface area contributed by atoms with Gasteiger partial charge in [0.15, 0.2) is 0 Å². The third kappa shape index (κ3) is 3.41. The summed E-state index contributed by atoms with van der Waals surface area (Å²) in [5.74, 6) is 4.42. The summed E-state index contributed by atoms with van der Waals surface area (Å²) in [5.41, 5.74) is 4.05. The van der Waals surface area contributed by atoms with Gasteiger partial charge in [0.05, 0.1) is 6.61 Å². The van der Waals surface area contributed by atoms with Gasteiger partial charge in [-0.15, -0.1) is 0 Å². The summed E-state index contributed by atoms with van der Waals surface area (Å²) < 4.78 is 5.95. The summed E-state index contributed by atoms with van der Waals surface area (Å²) in [7, 11) is 0. The molecule has 0 bridgehead atoms. The smallest absolute Gasteiger partial charge is 0.119 e. The van der Waals surface area contributed by atoms with Gasteiger partial charge in [0.25, 0.3) is 0 Å². The summed E-state index contributed by atoms with van der Waals surface area (Å²) in [6.45, 7) is 7.38. The lowest BCUT2D eigenvalue weighted by molar-refractivity contribution is 0.240. The van der Waals surface area contributed by atoms with Gasteiger partial charge in [-0.1, -0.05) is 0 Å². The van der Waals surface area contributed by atoms with Crippen molar-refractivity contribution in [3.05, 3.63) is 28.8 Å². The topological polar surface area (TPSA) is 9.23 Å². The number of thioether (sulfide) groups is 1. The molecule has 94 valence electrons. The molecular weight excluding hydrogens is 228 g/mol. The molecule has 0 spiro atoms. The Morgan fingerprint density at radius 3 is 2.29 bits per heavy atom. The number of hydrogen-bond donors (Lipinski definition) is 0. The first kappa shape index (κ1) is 12.8. The predicted molar refractivity (Wildman–Crippen MR) is 76.2 cm³/mol. The lowest BCUT2D eigenvalue weighted by atomic mass is 10.0. The zero-order valence-electron chi connectivity index (χ0n) is 11.1. The highest BCUT2D eigenvalue weighted by Gasteiger charge is 2.14. The van der Waals surface area contributed by atoms with Crippen LogP contribution in [0.3, 0.4) is 0 Å². The highest BCUT2D eigenvalue weighted by molar-refractivity contribution is 7.99. The number of benzene rings is 1. The van der Waals surface area contributed by atoms with E-state index < -0.39 is 0 Å². The van der Waals surface area contributed by atoms with Crippen LogP contribution in [-0.4, -0.2) is 18.1 Å². The van der Waals surface area contributed by atoms with Gasteiger partial charge in [0, 0.05) is 0 Å². The maximum Gasteiger partial charge on any atom is 0.119 e. The van der Waals surface area contributed by atoms with E-state index >= 15 is 0 Å². The third-order valence-corrected chi connectivity index (χ3v) is 4.78. The van der Waals surface area contributed by atoms with E-state index in [1.807, 2.05) is 0 Å². The van der Waals surface area contributed by atoms with Crippen LogP contribution in [0.15, 0.2) is 12.1 Å². The lowest BCUT2D eigenvalue weighted by Gasteiger charge is -2.21. The minimum atomic E-state index is 0.762. The fourth-order valence-electron chi connectivity index (χ4n) is 2.21. The molecule has 0 radical (unpaired) electrons. The standard InChI is InChI=1S/C15H22OS/c1-11-8-15(9-12(2)13(11)3)16-10-14-4-6-17-7-5-14/h8-9,14H,4-7,10H2,1-3H3. The monoisotopic (exact) mass is 250 g/mol. The Kier molecular flexibility index (Phi) is 4.38. The van der Waals surface area contributed by atoms with Gasteiger partial charge in [-0.05, 0) is 79.9 Å². The second kappa shape index (κ2) is 5.81. The van der Waals surface area contributed by atoms with E-state index in [9.17, 15) is 0 Å². The fraction of sp³-hybridized carbons (Fsp3) is 0.600. The summed E-state index contributed by atoms with van der Waals surface area (Å²) in [6.07, 6.45) is 2.63. The van der Waals surface area contributed by atoms with Gasteiger partial charge in [0.1, 0.15) is 5.75 Å². The Labute approximate surface area is 109 Å². The number of ether oxygens (including phenoxy) is 1. The normalized spacial score (nSPS) is 17.1. The van der Waals surface area contributed by atoms with Crippen LogP contribution in [0.25, 0.3) is 0 Å². The molecular formula is C15H22OS. The van der Waals surface area contributed by atoms with E-state index in [0.29, 0.717) is 0 Å². The molecule has 2 heteroatoms. The maximum absolute atomic E-state index is 5.95. The molecule has 1 aromatic rings. The van der Waals surface area contributed by atoms with E-state index in [2.05, 4.69) is 44.7 Å². The summed E-state index contributed by atoms with van der Waals surface area (Å²) >= 11 is 2.07. The van der Waals surface area contributed by atoms with Crippen LogP contribution in [0, 0.1) is 26.7 Å². The zero-order valence-corrected chi connectivity index (χ0v) is 11.9. The molecule has 1 heterocycles. The van der Waals surface area contributed by atoms with Gasteiger partial charge in [0.2, 0.25) is 0 Å². The van der Waals surface area contributed by atoms with E-state index in [-0.39, 0.29) is 0 Å². The Bertz CT molecular complexity index is 358. The van der Waals surface area contributed by atoms with Crippen LogP contribution in [0.5, 0.6) is 5.75 Å². The molecule has 17 heavy (non-hydrogen) atoms. The molecule has 0 unspecified atom stereocenters. The predicted octanol–water partition coefficient (Wildman–Crippen LogP) is 4.13. The Hall–Kier alpha value is -0.630. The average molecular weight is 250 g/mol. The molecule has 1 nitrogen and oxygen atoms in total. The summed E-state index contributed by atoms with van der Waals surface area (Å²) in [6, 6.07) is 4.33. The lowest BCUT2D eigenvalue weighted by Crippen LogP contribution is -2.17. The van der Waals surface area contributed by atoms with Crippen molar-refractivity contribution in [1.29, 1.82) is 0 Å². The maximum atomic E-state index is 5.95. The quantitative estimate of drug-likeness (QED) is 0.797. The SMILES string of the molecule is Cc1cc(OCC2CCSCC2)cc(C)c1C. The molecule has 1 aromatic carbocycles. The third-order valence-electron chi connectivity index (χ3n) is 3.73. The van der Waals surface area contributed by atoms with E-state index in [0.717, 1.165) is 18.3 Å². The molecule has 2 rings (SSSR count). The second-order valence-electron chi connectivity index (χ2n) is 5.05. The molecule has 0 amide bonds. The van der Waals surface area contributed by atoms with Crippen molar-refractivity contribution >= 4 is 11.8 Å². The molecule has 0 atom stereocenters. The molecule has 0 aromatic heterocycles. The van der Waals surface area contributed by atoms with Crippen molar-refractivity contribution in [3.8, 4) is 5.75 Å². The minimum Gasteiger partial charge on any atom is -0.493 e. The highest BCUT2D eigenvalue weighted by Crippen LogP contribution is 2.25. The zero-order chi connectivity index (χ0) is 12.3. The summed E-state index contributed by atoms with van der Waals surface area (Å²) in [4.78, 5) is 0. The fourth-order valence-corrected chi connectivity index (χ4v) is 3.41. The summed E-state index contributed by atoms with van der Waals surface area (Å²) in [5, 5.41) is 0. The number of hydrogen-bond acceptors (Lipinski definition) is 2. The Morgan fingerprint density at radius 2 is 1.71 bits per heavy atom. The largest absolute Gasteiger partial charge is 0.493 e. The Balaban J connectivity index is 1.94. The highest BCUT2D eigenvalue weighted by atomic mass is 32.2. The molecule has 1 aliphatic rings. The minimum absolute atomic E-state index is 0.762. The molecule has 0 N–H and O–H groups in total. The molecule has 1 saturated heterocycles. The van der Waals surface area contributed by atoms with Crippen LogP contribution >= 0.6 is 11.8 Å². The first-order chi connectivity index (χ1) is 8.16. The molecule has 0 aliphatic carbocycles. The molecule has 1 fully saturated rings. The van der Waals surface area contributed by atoms with Crippen molar-refractivity contribution in [1.82, 2.24) is 0 Å².